The lowest BCUT2D eigenvalue weighted by atomic mass is 10.1. The van der Waals surface area contributed by atoms with Gasteiger partial charge in [0.1, 0.15) is 0 Å². The zero-order chi connectivity index (χ0) is 12.3. The molecule has 0 radical (unpaired) electrons. The highest BCUT2D eigenvalue weighted by Crippen LogP contribution is 2.16. The molecule has 2 nitrogen and oxygen atoms in total. The average molecular weight is 235 g/mol. The Balaban J connectivity index is 2.43. The van der Waals surface area contributed by atoms with E-state index >= 15 is 0 Å². The number of hydrogen-bond donors (Lipinski definition) is 1. The second-order valence-corrected chi connectivity index (χ2v) is 4.28. The van der Waals surface area contributed by atoms with Crippen LogP contribution in [-0.4, -0.2) is 19.7 Å². The van der Waals surface area contributed by atoms with Crippen LogP contribution in [0.4, 0.5) is 0 Å². The van der Waals surface area contributed by atoms with Gasteiger partial charge >= 0.3 is 0 Å². The van der Waals surface area contributed by atoms with Gasteiger partial charge in [-0.3, -0.25) is 0 Å². The summed E-state index contributed by atoms with van der Waals surface area (Å²) < 4.78 is 5.97. The second-order valence-electron chi connectivity index (χ2n) is 4.28. The van der Waals surface area contributed by atoms with Gasteiger partial charge in [-0.25, -0.2) is 0 Å². The predicted octanol–water partition coefficient (Wildman–Crippen LogP) is 3.54. The first kappa shape index (κ1) is 14.2. The molecule has 1 unspecified atom stereocenters. The van der Waals surface area contributed by atoms with Crippen molar-refractivity contribution in [3.63, 3.8) is 0 Å². The van der Waals surface area contributed by atoms with Gasteiger partial charge in [0, 0.05) is 13.2 Å². The van der Waals surface area contributed by atoms with Gasteiger partial charge in [-0.15, -0.1) is 0 Å². The lowest BCUT2D eigenvalue weighted by Gasteiger charge is -2.18. The second kappa shape index (κ2) is 9.20. The molecule has 2 heteroatoms. The third-order valence-electron chi connectivity index (χ3n) is 2.82. The summed E-state index contributed by atoms with van der Waals surface area (Å²) in [5, 5.41) is 3.36. The van der Waals surface area contributed by atoms with Crippen molar-refractivity contribution in [2.24, 2.45) is 0 Å². The van der Waals surface area contributed by atoms with Crippen LogP contribution in [0.1, 0.15) is 44.8 Å². The van der Waals surface area contributed by atoms with Crippen LogP contribution in [0.15, 0.2) is 30.3 Å². The van der Waals surface area contributed by atoms with E-state index in [1.807, 2.05) is 6.07 Å². The van der Waals surface area contributed by atoms with E-state index in [2.05, 4.69) is 43.4 Å². The predicted molar refractivity (Wildman–Crippen MR) is 73.2 cm³/mol. The van der Waals surface area contributed by atoms with Gasteiger partial charge in [0.15, 0.2) is 0 Å². The molecule has 96 valence electrons. The lowest BCUT2D eigenvalue weighted by Crippen LogP contribution is -2.23. The molecule has 1 aromatic rings. The highest BCUT2D eigenvalue weighted by Gasteiger charge is 2.10. The minimum atomic E-state index is 0.188. The quantitative estimate of drug-likeness (QED) is 0.661. The molecule has 0 saturated carbocycles. The largest absolute Gasteiger partial charge is 0.372 e. The Morgan fingerprint density at radius 3 is 2.53 bits per heavy atom. The Kier molecular flexibility index (Phi) is 7.69. The van der Waals surface area contributed by atoms with E-state index in [0.717, 1.165) is 26.1 Å². The molecular formula is C15H25NO. The highest BCUT2D eigenvalue weighted by atomic mass is 16.5. The molecule has 1 aromatic carbocycles. The van der Waals surface area contributed by atoms with Gasteiger partial charge in [-0.05, 0) is 18.5 Å². The van der Waals surface area contributed by atoms with Gasteiger partial charge in [-0.1, -0.05) is 57.0 Å². The zero-order valence-corrected chi connectivity index (χ0v) is 11.1. The third kappa shape index (κ3) is 5.85. The minimum absolute atomic E-state index is 0.188. The van der Waals surface area contributed by atoms with Gasteiger partial charge < -0.3 is 10.1 Å². The van der Waals surface area contributed by atoms with E-state index in [9.17, 15) is 0 Å². The molecular weight excluding hydrogens is 210 g/mol. The molecule has 1 rings (SSSR count). The van der Waals surface area contributed by atoms with Crippen LogP contribution in [0.2, 0.25) is 0 Å². The first-order chi connectivity index (χ1) is 8.38. The van der Waals surface area contributed by atoms with Crippen LogP contribution in [0, 0.1) is 0 Å². The molecule has 0 aliphatic heterocycles. The topological polar surface area (TPSA) is 21.3 Å². The Hall–Kier alpha value is -0.860. The van der Waals surface area contributed by atoms with Crippen LogP contribution in [0.25, 0.3) is 0 Å². The van der Waals surface area contributed by atoms with Crippen molar-refractivity contribution in [2.75, 3.05) is 19.7 Å². The number of rotatable bonds is 9. The summed E-state index contributed by atoms with van der Waals surface area (Å²) in [5.41, 5.74) is 1.27. The van der Waals surface area contributed by atoms with E-state index in [0.29, 0.717) is 0 Å². The maximum Gasteiger partial charge on any atom is 0.0949 e. The Labute approximate surface area is 105 Å². The first-order valence-electron chi connectivity index (χ1n) is 6.75. The number of ether oxygens (including phenoxy) is 1. The SMILES string of the molecule is CCCCCOC(CNCC)c1ccccc1. The Morgan fingerprint density at radius 1 is 1.12 bits per heavy atom. The van der Waals surface area contributed by atoms with Crippen molar-refractivity contribution in [2.45, 2.75) is 39.2 Å². The van der Waals surface area contributed by atoms with Crippen molar-refractivity contribution >= 4 is 0 Å². The van der Waals surface area contributed by atoms with Gasteiger partial charge in [0.25, 0.3) is 0 Å². The summed E-state index contributed by atoms with van der Waals surface area (Å²) in [6, 6.07) is 10.5. The van der Waals surface area contributed by atoms with Crippen LogP contribution < -0.4 is 5.32 Å². The summed E-state index contributed by atoms with van der Waals surface area (Å²) in [4.78, 5) is 0. The van der Waals surface area contributed by atoms with E-state index in [-0.39, 0.29) is 6.10 Å². The fraction of sp³-hybridized carbons (Fsp3) is 0.600. The summed E-state index contributed by atoms with van der Waals surface area (Å²) in [5.74, 6) is 0. The fourth-order valence-corrected chi connectivity index (χ4v) is 1.79. The Morgan fingerprint density at radius 2 is 1.88 bits per heavy atom. The highest BCUT2D eigenvalue weighted by molar-refractivity contribution is 5.17. The maximum atomic E-state index is 5.97. The van der Waals surface area contributed by atoms with Crippen molar-refractivity contribution in [3.8, 4) is 0 Å². The van der Waals surface area contributed by atoms with Crippen LogP contribution in [0.3, 0.4) is 0 Å². The summed E-state index contributed by atoms with van der Waals surface area (Å²) >= 11 is 0. The normalized spacial score (nSPS) is 12.6. The zero-order valence-electron chi connectivity index (χ0n) is 11.1. The first-order valence-corrected chi connectivity index (χ1v) is 6.75. The maximum absolute atomic E-state index is 5.97. The minimum Gasteiger partial charge on any atom is -0.372 e. The van der Waals surface area contributed by atoms with E-state index in [1.165, 1.54) is 18.4 Å². The number of benzene rings is 1. The van der Waals surface area contributed by atoms with Gasteiger partial charge in [0.05, 0.1) is 6.10 Å². The number of hydrogen-bond acceptors (Lipinski definition) is 2. The van der Waals surface area contributed by atoms with Crippen LogP contribution in [-0.2, 0) is 4.74 Å². The van der Waals surface area contributed by atoms with E-state index < -0.39 is 0 Å². The lowest BCUT2D eigenvalue weighted by molar-refractivity contribution is 0.0504. The van der Waals surface area contributed by atoms with Gasteiger partial charge in [-0.2, -0.15) is 0 Å². The molecule has 0 saturated heterocycles. The number of unbranched alkanes of at least 4 members (excludes halogenated alkanes) is 2. The van der Waals surface area contributed by atoms with Crippen LogP contribution >= 0.6 is 0 Å². The van der Waals surface area contributed by atoms with Crippen molar-refractivity contribution in [1.82, 2.24) is 5.32 Å². The molecule has 0 aromatic heterocycles. The summed E-state index contributed by atoms with van der Waals surface area (Å²) in [7, 11) is 0. The molecule has 0 bridgehead atoms. The monoisotopic (exact) mass is 235 g/mol. The number of nitrogens with one attached hydrogen (secondary N) is 1. The molecule has 1 atom stereocenters. The van der Waals surface area contributed by atoms with E-state index in [4.69, 9.17) is 4.74 Å². The fourth-order valence-electron chi connectivity index (χ4n) is 1.79. The molecule has 0 aliphatic carbocycles. The molecule has 0 aliphatic rings. The average Bonchev–Trinajstić information content (AvgIpc) is 2.39. The Bertz CT molecular complexity index is 274. The number of likely N-dealkylation sites (N-methyl/N-ethyl adjacent to an activating group) is 1. The molecule has 1 N–H and O–H groups in total. The van der Waals surface area contributed by atoms with Gasteiger partial charge in [0.2, 0.25) is 0 Å². The molecule has 0 spiro atoms. The molecule has 17 heavy (non-hydrogen) atoms. The van der Waals surface area contributed by atoms with Crippen molar-refractivity contribution in [3.05, 3.63) is 35.9 Å². The van der Waals surface area contributed by atoms with E-state index in [1.54, 1.807) is 0 Å². The summed E-state index contributed by atoms with van der Waals surface area (Å²) in [6.45, 7) is 7.08. The molecule has 0 amide bonds. The van der Waals surface area contributed by atoms with Crippen LogP contribution in [0.5, 0.6) is 0 Å². The third-order valence-corrected chi connectivity index (χ3v) is 2.82. The molecule has 0 fully saturated rings. The summed E-state index contributed by atoms with van der Waals surface area (Å²) in [6.07, 6.45) is 3.84. The molecule has 0 heterocycles. The smallest absolute Gasteiger partial charge is 0.0949 e. The standard InChI is InChI=1S/C15H25NO/c1-3-5-9-12-17-15(13-16-4-2)14-10-7-6-8-11-14/h6-8,10-11,15-16H,3-5,9,12-13H2,1-2H3. The van der Waals surface area contributed by atoms with Crippen molar-refractivity contribution in [1.29, 1.82) is 0 Å². The van der Waals surface area contributed by atoms with Crippen molar-refractivity contribution < 1.29 is 4.74 Å².